The van der Waals surface area contributed by atoms with Gasteiger partial charge in [-0.2, -0.15) is 0 Å². The fourth-order valence-electron chi connectivity index (χ4n) is 4.92. The molecular formula is C25H36O6S2. The zero-order valence-electron chi connectivity index (χ0n) is 19.5. The molecular weight excluding hydrogens is 460 g/mol. The van der Waals surface area contributed by atoms with E-state index in [2.05, 4.69) is 6.58 Å². The summed E-state index contributed by atoms with van der Waals surface area (Å²) in [5.41, 5.74) is 0.915. The van der Waals surface area contributed by atoms with Crippen LogP contribution in [0.2, 0.25) is 0 Å². The van der Waals surface area contributed by atoms with E-state index >= 15 is 0 Å². The van der Waals surface area contributed by atoms with Gasteiger partial charge in [0.1, 0.15) is 5.75 Å². The van der Waals surface area contributed by atoms with Crippen molar-refractivity contribution in [1.82, 2.24) is 0 Å². The number of hydrogen-bond donors (Lipinski definition) is 0. The summed E-state index contributed by atoms with van der Waals surface area (Å²) in [6.45, 7) is 5.11. The molecule has 1 aromatic rings. The number of carbonyl (C=O) groups excluding carboxylic acids is 1. The second-order valence-corrected chi connectivity index (χ2v) is 14.3. The zero-order valence-corrected chi connectivity index (χ0v) is 21.1. The summed E-state index contributed by atoms with van der Waals surface area (Å²) in [4.78, 5) is 11.8. The molecule has 1 aromatic carbocycles. The predicted octanol–water partition coefficient (Wildman–Crippen LogP) is 4.75. The maximum atomic E-state index is 13.2. The largest absolute Gasteiger partial charge is 0.423 e. The van der Waals surface area contributed by atoms with E-state index in [4.69, 9.17) is 4.74 Å². The molecule has 184 valence electrons. The Morgan fingerprint density at radius 2 is 1.27 bits per heavy atom. The van der Waals surface area contributed by atoms with Crippen LogP contribution >= 0.6 is 0 Å². The summed E-state index contributed by atoms with van der Waals surface area (Å²) in [5, 5.41) is -0.774. The predicted molar refractivity (Wildman–Crippen MR) is 131 cm³/mol. The lowest BCUT2D eigenvalue weighted by Crippen LogP contribution is -2.34. The highest BCUT2D eigenvalue weighted by atomic mass is 32.2. The van der Waals surface area contributed by atoms with Crippen LogP contribution in [0.1, 0.15) is 82.6 Å². The molecule has 2 fully saturated rings. The number of ether oxygens (including phenoxy) is 1. The number of benzene rings is 1. The second-order valence-electron chi connectivity index (χ2n) is 9.61. The van der Waals surface area contributed by atoms with Crippen LogP contribution in [-0.4, -0.2) is 44.8 Å². The first-order valence-corrected chi connectivity index (χ1v) is 15.4. The molecule has 0 radical (unpaired) electrons. The van der Waals surface area contributed by atoms with E-state index < -0.39 is 31.6 Å². The molecule has 8 heteroatoms. The summed E-state index contributed by atoms with van der Waals surface area (Å²) in [6.07, 6.45) is 8.32. The van der Waals surface area contributed by atoms with Gasteiger partial charge in [-0.3, -0.25) is 0 Å². The van der Waals surface area contributed by atoms with Crippen molar-refractivity contribution in [3.8, 4) is 5.75 Å². The van der Waals surface area contributed by atoms with Crippen LogP contribution in [0.5, 0.6) is 5.75 Å². The van der Waals surface area contributed by atoms with Crippen LogP contribution in [-0.2, 0) is 24.5 Å². The number of sulfone groups is 2. The molecule has 2 aliphatic carbocycles. The van der Waals surface area contributed by atoms with Gasteiger partial charge in [0.15, 0.2) is 19.7 Å². The Labute approximate surface area is 198 Å². The minimum absolute atomic E-state index is 0.172. The van der Waals surface area contributed by atoms with Crippen molar-refractivity contribution in [1.29, 1.82) is 0 Å². The first-order chi connectivity index (χ1) is 15.6. The van der Waals surface area contributed by atoms with Crippen molar-refractivity contribution in [2.75, 3.05) is 11.5 Å². The molecule has 3 rings (SSSR count). The monoisotopic (exact) mass is 496 g/mol. The van der Waals surface area contributed by atoms with E-state index in [1.54, 1.807) is 31.2 Å². The van der Waals surface area contributed by atoms with E-state index in [0.717, 1.165) is 38.5 Å². The van der Waals surface area contributed by atoms with Crippen molar-refractivity contribution in [3.63, 3.8) is 0 Å². The van der Waals surface area contributed by atoms with Gasteiger partial charge >= 0.3 is 5.97 Å². The van der Waals surface area contributed by atoms with Crippen molar-refractivity contribution in [3.05, 3.63) is 42.0 Å². The lowest BCUT2D eigenvalue weighted by Gasteiger charge is -2.27. The summed E-state index contributed by atoms with van der Waals surface area (Å²) in [6, 6.07) is 6.53. The molecule has 0 amide bonds. The summed E-state index contributed by atoms with van der Waals surface area (Å²) >= 11 is 0. The minimum Gasteiger partial charge on any atom is -0.423 e. The normalized spacial score (nSPS) is 18.8. The molecule has 2 saturated carbocycles. The quantitative estimate of drug-likeness (QED) is 0.278. The smallest absolute Gasteiger partial charge is 0.338 e. The molecule has 0 bridgehead atoms. The van der Waals surface area contributed by atoms with Gasteiger partial charge in [-0.1, -0.05) is 57.2 Å². The lowest BCUT2D eigenvalue weighted by atomic mass is 10.0. The highest BCUT2D eigenvalue weighted by Crippen LogP contribution is 2.32. The molecule has 0 saturated heterocycles. The Morgan fingerprint density at radius 1 is 0.848 bits per heavy atom. The average molecular weight is 497 g/mol. The van der Waals surface area contributed by atoms with E-state index in [-0.39, 0.29) is 27.6 Å². The Bertz CT molecular complexity index is 979. The van der Waals surface area contributed by atoms with E-state index in [0.29, 0.717) is 37.0 Å². The van der Waals surface area contributed by atoms with Gasteiger partial charge in [0.05, 0.1) is 22.0 Å². The van der Waals surface area contributed by atoms with Gasteiger partial charge in [0, 0.05) is 11.5 Å². The van der Waals surface area contributed by atoms with Gasteiger partial charge in [0.2, 0.25) is 0 Å². The van der Waals surface area contributed by atoms with Gasteiger partial charge in [-0.15, -0.1) is 0 Å². The Hall–Kier alpha value is -1.67. The maximum Gasteiger partial charge on any atom is 0.338 e. The van der Waals surface area contributed by atoms with Crippen LogP contribution in [0.15, 0.2) is 36.4 Å². The first-order valence-electron chi connectivity index (χ1n) is 12.0. The maximum absolute atomic E-state index is 13.2. The van der Waals surface area contributed by atoms with Crippen molar-refractivity contribution in [2.24, 2.45) is 0 Å². The van der Waals surface area contributed by atoms with E-state index in [1.807, 2.05) is 0 Å². The third-order valence-corrected chi connectivity index (χ3v) is 11.6. The fourth-order valence-corrected chi connectivity index (χ4v) is 9.46. The number of rotatable bonds is 9. The van der Waals surface area contributed by atoms with Gasteiger partial charge < -0.3 is 4.74 Å². The number of hydrogen-bond acceptors (Lipinski definition) is 6. The summed E-state index contributed by atoms with van der Waals surface area (Å²) in [7, 11) is -6.87. The van der Waals surface area contributed by atoms with Gasteiger partial charge in [-0.05, 0) is 50.3 Å². The van der Waals surface area contributed by atoms with Crippen LogP contribution in [0.4, 0.5) is 0 Å². The first kappa shape index (κ1) is 25.9. The molecule has 0 aliphatic heterocycles. The molecule has 0 aromatic heterocycles. The number of esters is 1. The van der Waals surface area contributed by atoms with Crippen LogP contribution in [0.25, 0.3) is 0 Å². The zero-order chi connectivity index (χ0) is 24.1. The van der Waals surface area contributed by atoms with Crippen molar-refractivity contribution >= 4 is 25.6 Å². The topological polar surface area (TPSA) is 94.6 Å². The molecule has 0 heterocycles. The van der Waals surface area contributed by atoms with Gasteiger partial charge in [-0.25, -0.2) is 21.6 Å². The van der Waals surface area contributed by atoms with E-state index in [9.17, 15) is 21.6 Å². The standard InChI is InChI=1S/C25H36O6S2/c1-19(2)25(26)31-22-15-13-20(14-16-22)21(17-32(27,28)23-9-5-3-6-10-23)18-33(29,30)24-11-7-4-8-12-24/h13-16,21,23-24H,1,3-12,17-18H2,2H3. The molecule has 0 N–H and O–H groups in total. The third-order valence-electron chi connectivity index (χ3n) is 6.90. The van der Waals surface area contributed by atoms with E-state index in [1.165, 1.54) is 0 Å². The lowest BCUT2D eigenvalue weighted by molar-refractivity contribution is -0.130. The van der Waals surface area contributed by atoms with Gasteiger partial charge in [0.25, 0.3) is 0 Å². The van der Waals surface area contributed by atoms with Crippen LogP contribution in [0.3, 0.4) is 0 Å². The van der Waals surface area contributed by atoms with Crippen LogP contribution < -0.4 is 4.74 Å². The Morgan fingerprint density at radius 3 is 1.67 bits per heavy atom. The summed E-state index contributed by atoms with van der Waals surface area (Å²) < 4.78 is 58.2. The molecule has 0 atom stereocenters. The van der Waals surface area contributed by atoms with Crippen molar-refractivity contribution < 1.29 is 26.4 Å². The summed E-state index contributed by atoms with van der Waals surface area (Å²) in [5.74, 6) is -1.21. The molecule has 33 heavy (non-hydrogen) atoms. The molecule has 6 nitrogen and oxygen atoms in total. The second kappa shape index (κ2) is 11.2. The van der Waals surface area contributed by atoms with Crippen LogP contribution in [0, 0.1) is 0 Å². The SMILES string of the molecule is C=C(C)C(=O)Oc1ccc(C(CS(=O)(=O)C2CCCCC2)CS(=O)(=O)C2CCCCC2)cc1. The number of carbonyl (C=O) groups is 1. The molecule has 2 aliphatic rings. The average Bonchev–Trinajstić information content (AvgIpc) is 2.80. The fraction of sp³-hybridized carbons (Fsp3) is 0.640. The molecule has 0 spiro atoms. The Balaban J connectivity index is 1.84. The highest BCUT2D eigenvalue weighted by Gasteiger charge is 2.35. The van der Waals surface area contributed by atoms with Crippen molar-refractivity contribution in [2.45, 2.75) is 87.5 Å². The Kier molecular flexibility index (Phi) is 8.78. The third kappa shape index (κ3) is 7.15. The highest BCUT2D eigenvalue weighted by molar-refractivity contribution is 7.93. The minimum atomic E-state index is -3.44. The molecule has 0 unspecified atom stereocenters.